The van der Waals surface area contributed by atoms with Crippen molar-refractivity contribution in [3.05, 3.63) is 26.8 Å². The highest BCUT2D eigenvalue weighted by Gasteiger charge is 2.08. The summed E-state index contributed by atoms with van der Waals surface area (Å²) in [6, 6.07) is 5.78. The molecule has 0 bridgehead atoms. The number of nitrogens with one attached hydrogen (secondary N) is 2. The fraction of sp³-hybridized carbons (Fsp3) is 0.250. The van der Waals surface area contributed by atoms with Gasteiger partial charge >= 0.3 is 6.01 Å². The van der Waals surface area contributed by atoms with Crippen LogP contribution in [0.15, 0.2) is 18.2 Å². The fourth-order valence-corrected chi connectivity index (χ4v) is 2.46. The van der Waals surface area contributed by atoms with Crippen LogP contribution in [0, 0.1) is 3.57 Å². The van der Waals surface area contributed by atoms with Gasteiger partial charge in [0.15, 0.2) is 0 Å². The van der Waals surface area contributed by atoms with Gasteiger partial charge in [-0.2, -0.15) is 15.0 Å². The van der Waals surface area contributed by atoms with Crippen molar-refractivity contribution in [1.82, 2.24) is 15.0 Å². The quantitative estimate of drug-likeness (QED) is 0.744. The molecule has 0 aliphatic carbocycles. The van der Waals surface area contributed by atoms with Crippen LogP contribution in [0.5, 0.6) is 6.01 Å². The highest BCUT2D eigenvalue weighted by molar-refractivity contribution is 14.1. The van der Waals surface area contributed by atoms with Crippen LogP contribution >= 0.6 is 34.2 Å². The van der Waals surface area contributed by atoms with Gasteiger partial charge < -0.3 is 15.4 Å². The van der Waals surface area contributed by atoms with Gasteiger partial charge in [0.05, 0.1) is 12.8 Å². The van der Waals surface area contributed by atoms with E-state index in [1.165, 1.54) is 7.11 Å². The number of hydrogen-bond donors (Lipinski definition) is 2. The van der Waals surface area contributed by atoms with Crippen LogP contribution < -0.4 is 15.4 Å². The maximum atomic E-state index is 5.93. The molecular weight excluding hydrogens is 393 g/mol. The van der Waals surface area contributed by atoms with Gasteiger partial charge in [-0.1, -0.05) is 11.6 Å². The zero-order chi connectivity index (χ0) is 14.5. The van der Waals surface area contributed by atoms with E-state index in [1.54, 1.807) is 6.07 Å². The standard InChI is InChI=1S/C12H13ClIN5O/c1-3-15-10-17-11(19-12(18-10)20-2)16-9-5-4-7(13)6-8(9)14/h4-6H,3H2,1-2H3,(H2,15,16,17,18,19). The van der Waals surface area contributed by atoms with Crippen molar-refractivity contribution in [1.29, 1.82) is 0 Å². The molecule has 0 fully saturated rings. The van der Waals surface area contributed by atoms with E-state index >= 15 is 0 Å². The van der Waals surface area contributed by atoms with Gasteiger partial charge in [0.1, 0.15) is 0 Å². The molecule has 6 nitrogen and oxygen atoms in total. The van der Waals surface area contributed by atoms with Crippen molar-refractivity contribution in [2.75, 3.05) is 24.3 Å². The van der Waals surface area contributed by atoms with Crippen LogP contribution in [-0.4, -0.2) is 28.6 Å². The van der Waals surface area contributed by atoms with Gasteiger partial charge in [-0.05, 0) is 47.7 Å². The number of methoxy groups -OCH3 is 1. The molecule has 106 valence electrons. The Labute approximate surface area is 135 Å². The van der Waals surface area contributed by atoms with Crippen LogP contribution in [0.4, 0.5) is 17.6 Å². The maximum absolute atomic E-state index is 5.93. The molecular formula is C12H13ClIN5O. The summed E-state index contributed by atoms with van der Waals surface area (Å²) in [5.41, 5.74) is 0.866. The molecule has 1 aromatic carbocycles. The number of rotatable bonds is 5. The van der Waals surface area contributed by atoms with Crippen molar-refractivity contribution >= 4 is 51.8 Å². The van der Waals surface area contributed by atoms with E-state index in [-0.39, 0.29) is 6.01 Å². The van der Waals surface area contributed by atoms with Gasteiger partial charge in [0, 0.05) is 15.1 Å². The van der Waals surface area contributed by atoms with Gasteiger partial charge in [0.25, 0.3) is 0 Å². The maximum Gasteiger partial charge on any atom is 0.322 e. The van der Waals surface area contributed by atoms with E-state index in [4.69, 9.17) is 16.3 Å². The van der Waals surface area contributed by atoms with Crippen molar-refractivity contribution in [2.24, 2.45) is 0 Å². The van der Waals surface area contributed by atoms with Crippen LogP contribution in [-0.2, 0) is 0 Å². The molecule has 1 heterocycles. The van der Waals surface area contributed by atoms with E-state index in [0.717, 1.165) is 9.26 Å². The molecule has 0 atom stereocenters. The second-order valence-electron chi connectivity index (χ2n) is 3.75. The first-order valence-corrected chi connectivity index (χ1v) is 7.34. The second kappa shape index (κ2) is 6.89. The van der Waals surface area contributed by atoms with E-state index in [1.807, 2.05) is 19.1 Å². The lowest BCUT2D eigenvalue weighted by atomic mass is 10.3. The topological polar surface area (TPSA) is 72.0 Å². The van der Waals surface area contributed by atoms with E-state index < -0.39 is 0 Å². The zero-order valence-electron chi connectivity index (χ0n) is 10.9. The van der Waals surface area contributed by atoms with Gasteiger partial charge in [0.2, 0.25) is 11.9 Å². The predicted octanol–water partition coefficient (Wildman–Crippen LogP) is 3.31. The van der Waals surface area contributed by atoms with E-state index in [2.05, 4.69) is 48.2 Å². The zero-order valence-corrected chi connectivity index (χ0v) is 13.9. The van der Waals surface area contributed by atoms with Crippen molar-refractivity contribution in [2.45, 2.75) is 6.92 Å². The van der Waals surface area contributed by atoms with E-state index in [0.29, 0.717) is 23.5 Å². The minimum Gasteiger partial charge on any atom is -0.467 e. The number of hydrogen-bond acceptors (Lipinski definition) is 6. The summed E-state index contributed by atoms with van der Waals surface area (Å²) in [6.07, 6.45) is 0. The van der Waals surface area contributed by atoms with Gasteiger partial charge in [-0.15, -0.1) is 0 Å². The Morgan fingerprint density at radius 3 is 2.65 bits per heavy atom. The Morgan fingerprint density at radius 2 is 2.00 bits per heavy atom. The Morgan fingerprint density at radius 1 is 1.25 bits per heavy atom. The van der Waals surface area contributed by atoms with Crippen molar-refractivity contribution in [3.8, 4) is 6.01 Å². The summed E-state index contributed by atoms with van der Waals surface area (Å²) < 4.78 is 6.04. The molecule has 0 spiro atoms. The highest BCUT2D eigenvalue weighted by atomic mass is 127. The summed E-state index contributed by atoms with van der Waals surface area (Å²) in [5.74, 6) is 0.874. The van der Waals surface area contributed by atoms with Crippen LogP contribution in [0.3, 0.4) is 0 Å². The molecule has 2 aromatic rings. The Balaban J connectivity index is 2.29. The molecule has 0 aliphatic rings. The molecule has 2 N–H and O–H groups in total. The molecule has 8 heteroatoms. The normalized spacial score (nSPS) is 10.2. The summed E-state index contributed by atoms with van der Waals surface area (Å²) in [7, 11) is 1.51. The van der Waals surface area contributed by atoms with Crippen LogP contribution in [0.1, 0.15) is 6.92 Å². The minimum absolute atomic E-state index is 0.252. The average Bonchev–Trinajstić information content (AvgIpc) is 2.42. The molecule has 0 aliphatic heterocycles. The number of nitrogens with zero attached hydrogens (tertiary/aromatic N) is 3. The van der Waals surface area contributed by atoms with Crippen LogP contribution in [0.25, 0.3) is 0 Å². The molecule has 0 saturated heterocycles. The van der Waals surface area contributed by atoms with Crippen molar-refractivity contribution in [3.63, 3.8) is 0 Å². The minimum atomic E-state index is 0.252. The lowest BCUT2D eigenvalue weighted by Crippen LogP contribution is -2.08. The second-order valence-corrected chi connectivity index (χ2v) is 5.35. The Bertz CT molecular complexity index is 610. The largest absolute Gasteiger partial charge is 0.467 e. The van der Waals surface area contributed by atoms with Crippen molar-refractivity contribution < 1.29 is 4.74 Å². The third-order valence-corrected chi connectivity index (χ3v) is 3.44. The monoisotopic (exact) mass is 405 g/mol. The third kappa shape index (κ3) is 3.83. The smallest absolute Gasteiger partial charge is 0.322 e. The molecule has 0 unspecified atom stereocenters. The molecule has 2 rings (SSSR count). The molecule has 1 aromatic heterocycles. The third-order valence-electron chi connectivity index (χ3n) is 2.31. The number of halogens is 2. The number of aromatic nitrogens is 3. The summed E-state index contributed by atoms with van der Waals surface area (Å²) in [6.45, 7) is 2.68. The number of ether oxygens (including phenoxy) is 1. The lowest BCUT2D eigenvalue weighted by molar-refractivity contribution is 0.379. The molecule has 0 amide bonds. The predicted molar refractivity (Wildman–Crippen MR) is 88.0 cm³/mol. The fourth-order valence-electron chi connectivity index (χ4n) is 1.45. The Hall–Kier alpha value is -1.35. The first-order chi connectivity index (χ1) is 9.62. The summed E-state index contributed by atoms with van der Waals surface area (Å²) >= 11 is 8.12. The summed E-state index contributed by atoms with van der Waals surface area (Å²) in [4.78, 5) is 12.5. The average molecular weight is 406 g/mol. The lowest BCUT2D eigenvalue weighted by Gasteiger charge is -2.10. The first-order valence-electron chi connectivity index (χ1n) is 5.88. The van der Waals surface area contributed by atoms with Crippen LogP contribution in [0.2, 0.25) is 5.02 Å². The summed E-state index contributed by atoms with van der Waals surface area (Å²) in [5, 5.41) is 6.83. The number of benzene rings is 1. The molecule has 20 heavy (non-hydrogen) atoms. The number of anilines is 3. The van der Waals surface area contributed by atoms with Gasteiger partial charge in [-0.25, -0.2) is 0 Å². The van der Waals surface area contributed by atoms with E-state index in [9.17, 15) is 0 Å². The molecule has 0 saturated carbocycles. The molecule has 0 radical (unpaired) electrons. The van der Waals surface area contributed by atoms with Gasteiger partial charge in [-0.3, -0.25) is 0 Å². The highest BCUT2D eigenvalue weighted by Crippen LogP contribution is 2.25. The first kappa shape index (κ1) is 15.0. The SMILES string of the molecule is CCNc1nc(Nc2ccc(Cl)cc2I)nc(OC)n1. The Kier molecular flexibility index (Phi) is 5.18.